The Hall–Kier alpha value is -1.50. The van der Waals surface area contributed by atoms with Crippen LogP contribution in [0.2, 0.25) is 0 Å². The van der Waals surface area contributed by atoms with Crippen LogP contribution >= 0.6 is 0 Å². The number of rotatable bonds is 4. The highest BCUT2D eigenvalue weighted by Crippen LogP contribution is 2.17. The molecular weight excluding hydrogens is 262 g/mol. The van der Waals surface area contributed by atoms with Crippen molar-refractivity contribution in [1.82, 2.24) is 5.32 Å². The summed E-state index contributed by atoms with van der Waals surface area (Å²) in [7, 11) is -1.06. The van der Waals surface area contributed by atoms with Crippen LogP contribution < -0.4 is 11.1 Å². The normalized spacial score (nSPS) is 14.0. The molecule has 0 aromatic heterocycles. The summed E-state index contributed by atoms with van der Waals surface area (Å²) < 4.78 is 37.3. The van der Waals surface area contributed by atoms with Crippen LogP contribution in [0, 0.1) is 11.6 Å². The molecular formula is C11H14F2N2O2S. The summed E-state index contributed by atoms with van der Waals surface area (Å²) in [6.45, 7) is 1.66. The molecule has 0 radical (unpaired) electrons. The summed E-state index contributed by atoms with van der Waals surface area (Å²) in [4.78, 5) is 11.7. The quantitative estimate of drug-likeness (QED) is 0.807. The van der Waals surface area contributed by atoms with Gasteiger partial charge in [0, 0.05) is 34.4 Å². The highest BCUT2D eigenvalue weighted by molar-refractivity contribution is 7.84. The summed E-state index contributed by atoms with van der Waals surface area (Å²) in [5, 5.41) is 2.50. The summed E-state index contributed by atoms with van der Waals surface area (Å²) in [5.41, 5.74) is 4.32. The van der Waals surface area contributed by atoms with Gasteiger partial charge in [-0.3, -0.25) is 9.00 Å². The zero-order valence-electron chi connectivity index (χ0n) is 10.00. The van der Waals surface area contributed by atoms with Gasteiger partial charge in [-0.2, -0.15) is 0 Å². The number of benzene rings is 1. The number of hydrogen-bond donors (Lipinski definition) is 2. The van der Waals surface area contributed by atoms with Crippen molar-refractivity contribution in [3.8, 4) is 0 Å². The van der Waals surface area contributed by atoms with E-state index in [2.05, 4.69) is 5.32 Å². The van der Waals surface area contributed by atoms with Gasteiger partial charge in [-0.05, 0) is 19.1 Å². The molecule has 0 heterocycles. The first-order valence-electron chi connectivity index (χ1n) is 5.16. The number of nitrogens with two attached hydrogens (primary N) is 1. The molecule has 100 valence electrons. The summed E-state index contributed by atoms with van der Waals surface area (Å²) in [6, 6.07) is 1.37. The van der Waals surface area contributed by atoms with E-state index in [0.717, 1.165) is 12.1 Å². The van der Waals surface area contributed by atoms with Crippen molar-refractivity contribution in [2.24, 2.45) is 0 Å². The second-order valence-corrected chi connectivity index (χ2v) is 5.45. The molecule has 1 amide bonds. The first-order chi connectivity index (χ1) is 8.31. The molecule has 18 heavy (non-hydrogen) atoms. The number of nitrogen functional groups attached to an aromatic ring is 1. The van der Waals surface area contributed by atoms with Gasteiger partial charge in [0.05, 0.1) is 0 Å². The van der Waals surface area contributed by atoms with Crippen LogP contribution in [0.5, 0.6) is 0 Å². The number of hydrogen-bond acceptors (Lipinski definition) is 3. The Bertz CT molecular complexity index is 471. The molecule has 1 rings (SSSR count). The van der Waals surface area contributed by atoms with E-state index in [-0.39, 0.29) is 17.4 Å². The predicted octanol–water partition coefficient (Wildman–Crippen LogP) is 1.04. The van der Waals surface area contributed by atoms with Gasteiger partial charge in [0.25, 0.3) is 5.91 Å². The third kappa shape index (κ3) is 3.76. The topological polar surface area (TPSA) is 72.2 Å². The molecule has 0 aliphatic rings. The van der Waals surface area contributed by atoms with Crippen molar-refractivity contribution in [3.63, 3.8) is 0 Å². The maximum absolute atomic E-state index is 13.2. The fourth-order valence-corrected chi connectivity index (χ4v) is 2.20. The minimum Gasteiger partial charge on any atom is -0.394 e. The number of anilines is 1. The van der Waals surface area contributed by atoms with E-state index in [1.54, 1.807) is 6.92 Å². The lowest BCUT2D eigenvalue weighted by atomic mass is 10.1. The average molecular weight is 276 g/mol. The van der Waals surface area contributed by atoms with Gasteiger partial charge in [0.2, 0.25) is 0 Å². The van der Waals surface area contributed by atoms with Gasteiger partial charge in [0.15, 0.2) is 0 Å². The van der Waals surface area contributed by atoms with Crippen LogP contribution in [0.4, 0.5) is 14.5 Å². The molecule has 0 spiro atoms. The third-order valence-corrected chi connectivity index (χ3v) is 3.17. The number of halogens is 2. The Kier molecular flexibility index (Phi) is 4.77. The highest BCUT2D eigenvalue weighted by Gasteiger charge is 2.15. The highest BCUT2D eigenvalue weighted by atomic mass is 32.2. The van der Waals surface area contributed by atoms with Gasteiger partial charge in [-0.15, -0.1) is 0 Å². The Balaban J connectivity index is 2.82. The zero-order chi connectivity index (χ0) is 13.9. The molecule has 0 bridgehead atoms. The van der Waals surface area contributed by atoms with Crippen molar-refractivity contribution in [2.45, 2.75) is 13.0 Å². The van der Waals surface area contributed by atoms with Gasteiger partial charge in [-0.25, -0.2) is 8.78 Å². The molecule has 4 nitrogen and oxygen atoms in total. The van der Waals surface area contributed by atoms with Crippen LogP contribution in [0.3, 0.4) is 0 Å². The largest absolute Gasteiger partial charge is 0.394 e. The lowest BCUT2D eigenvalue weighted by molar-refractivity contribution is 0.0943. The molecule has 2 atom stereocenters. The fraction of sp³-hybridized carbons (Fsp3) is 0.364. The standard InChI is InChI=1S/C11H14F2N2O2S/c1-6(5-18(2)17)15-11(16)7-3-8(12)10(14)9(13)4-7/h3-4,6H,5,14H2,1-2H3,(H,15,16). The Labute approximate surface area is 106 Å². The molecule has 0 saturated carbocycles. The number of carbonyl (C=O) groups is 1. The first-order valence-corrected chi connectivity index (χ1v) is 6.89. The smallest absolute Gasteiger partial charge is 0.251 e. The monoisotopic (exact) mass is 276 g/mol. The minimum atomic E-state index is -1.06. The Morgan fingerprint density at radius 1 is 1.44 bits per heavy atom. The van der Waals surface area contributed by atoms with E-state index < -0.39 is 34.0 Å². The molecule has 1 aromatic carbocycles. The molecule has 3 N–H and O–H groups in total. The maximum atomic E-state index is 13.2. The molecule has 0 fully saturated rings. The van der Waals surface area contributed by atoms with E-state index >= 15 is 0 Å². The second kappa shape index (κ2) is 5.90. The van der Waals surface area contributed by atoms with E-state index in [1.807, 2.05) is 0 Å². The zero-order valence-corrected chi connectivity index (χ0v) is 10.8. The van der Waals surface area contributed by atoms with Gasteiger partial charge in [-0.1, -0.05) is 0 Å². The lowest BCUT2D eigenvalue weighted by Crippen LogP contribution is -2.36. The fourth-order valence-electron chi connectivity index (χ4n) is 1.42. The van der Waals surface area contributed by atoms with Crippen LogP contribution in [0.25, 0.3) is 0 Å². The van der Waals surface area contributed by atoms with Crippen molar-refractivity contribution >= 4 is 22.4 Å². The van der Waals surface area contributed by atoms with Crippen molar-refractivity contribution < 1.29 is 17.8 Å². The predicted molar refractivity (Wildman–Crippen MR) is 66.6 cm³/mol. The van der Waals surface area contributed by atoms with Crippen molar-refractivity contribution in [1.29, 1.82) is 0 Å². The second-order valence-electron chi connectivity index (χ2n) is 3.97. The van der Waals surface area contributed by atoms with E-state index in [0.29, 0.717) is 0 Å². The lowest BCUT2D eigenvalue weighted by Gasteiger charge is -2.12. The summed E-state index contributed by atoms with van der Waals surface area (Å²) in [5.74, 6) is -2.32. The molecule has 7 heteroatoms. The van der Waals surface area contributed by atoms with Crippen LogP contribution in [-0.2, 0) is 10.8 Å². The molecule has 0 aliphatic heterocycles. The Morgan fingerprint density at radius 2 is 1.94 bits per heavy atom. The molecule has 1 aromatic rings. The maximum Gasteiger partial charge on any atom is 0.251 e. The van der Waals surface area contributed by atoms with Crippen LogP contribution in [0.1, 0.15) is 17.3 Å². The van der Waals surface area contributed by atoms with Crippen molar-refractivity contribution in [3.05, 3.63) is 29.3 Å². The molecule has 0 aliphatic carbocycles. The van der Waals surface area contributed by atoms with Crippen molar-refractivity contribution in [2.75, 3.05) is 17.7 Å². The van der Waals surface area contributed by atoms with Crippen LogP contribution in [-0.4, -0.2) is 28.2 Å². The van der Waals surface area contributed by atoms with E-state index in [9.17, 15) is 17.8 Å². The van der Waals surface area contributed by atoms with Gasteiger partial charge in [0.1, 0.15) is 17.3 Å². The number of carbonyl (C=O) groups excluding carboxylic acids is 1. The Morgan fingerprint density at radius 3 is 2.39 bits per heavy atom. The first kappa shape index (κ1) is 14.6. The van der Waals surface area contributed by atoms with Crippen LogP contribution in [0.15, 0.2) is 12.1 Å². The summed E-state index contributed by atoms with van der Waals surface area (Å²) in [6.07, 6.45) is 1.51. The third-order valence-electron chi connectivity index (χ3n) is 2.20. The minimum absolute atomic E-state index is 0.159. The SMILES string of the molecule is CC(CS(C)=O)NC(=O)c1cc(F)c(N)c(F)c1. The van der Waals surface area contributed by atoms with E-state index in [4.69, 9.17) is 5.73 Å². The average Bonchev–Trinajstić information content (AvgIpc) is 2.23. The van der Waals surface area contributed by atoms with Gasteiger partial charge < -0.3 is 11.1 Å². The number of amides is 1. The molecule has 2 unspecified atom stereocenters. The van der Waals surface area contributed by atoms with E-state index in [1.165, 1.54) is 6.26 Å². The summed E-state index contributed by atoms with van der Waals surface area (Å²) >= 11 is 0. The number of nitrogens with one attached hydrogen (secondary N) is 1. The van der Waals surface area contributed by atoms with Gasteiger partial charge >= 0.3 is 0 Å². The molecule has 0 saturated heterocycles.